The van der Waals surface area contributed by atoms with Crippen LogP contribution in [0.3, 0.4) is 0 Å². The Labute approximate surface area is 274 Å². The lowest BCUT2D eigenvalue weighted by atomic mass is 10.1. The summed E-state index contributed by atoms with van der Waals surface area (Å²) < 4.78 is 6.03. The topological polar surface area (TPSA) is 98.6 Å². The second kappa shape index (κ2) is 12.8. The van der Waals surface area contributed by atoms with Crippen molar-refractivity contribution in [1.82, 2.24) is 0 Å². The monoisotopic (exact) mass is 624 g/mol. The minimum Gasteiger partial charge on any atom is -0.457 e. The maximum atomic E-state index is 13.1. The highest BCUT2D eigenvalue weighted by molar-refractivity contribution is 6.30. The summed E-state index contributed by atoms with van der Waals surface area (Å²) >= 11 is 0. The van der Waals surface area contributed by atoms with Gasteiger partial charge in [0.2, 0.25) is 0 Å². The Morgan fingerprint density at radius 1 is 0.532 bits per heavy atom. The first-order valence-electron chi connectivity index (χ1n) is 15.3. The number of anilines is 4. The van der Waals surface area contributed by atoms with Crippen LogP contribution in [0.5, 0.6) is 11.5 Å². The third-order valence-corrected chi connectivity index (χ3v) is 8.31. The molecule has 2 amide bonds. The van der Waals surface area contributed by atoms with E-state index in [0.29, 0.717) is 34.1 Å². The van der Waals surface area contributed by atoms with Crippen LogP contribution in [-0.4, -0.2) is 23.2 Å². The summed E-state index contributed by atoms with van der Waals surface area (Å²) in [5, 5.41) is 18.2. The number of carbonyl (C=O) groups excluding carboxylic acids is 2. The van der Waals surface area contributed by atoms with Crippen LogP contribution < -0.4 is 25.4 Å². The van der Waals surface area contributed by atoms with E-state index in [9.17, 15) is 9.59 Å². The molecule has 2 heterocycles. The summed E-state index contributed by atoms with van der Waals surface area (Å²) in [6.45, 7) is 11.8. The number of ether oxygens (including phenoxy) is 1. The fourth-order valence-corrected chi connectivity index (χ4v) is 5.12. The van der Waals surface area contributed by atoms with Gasteiger partial charge in [-0.2, -0.15) is 20.2 Å². The molecule has 0 aliphatic carbocycles. The van der Waals surface area contributed by atoms with Gasteiger partial charge in [0.25, 0.3) is 11.8 Å². The highest BCUT2D eigenvalue weighted by Gasteiger charge is 2.30. The van der Waals surface area contributed by atoms with E-state index in [0.717, 1.165) is 33.9 Å². The largest absolute Gasteiger partial charge is 0.457 e. The van der Waals surface area contributed by atoms with Gasteiger partial charge < -0.3 is 15.4 Å². The van der Waals surface area contributed by atoms with Crippen molar-refractivity contribution in [2.75, 3.05) is 20.7 Å². The predicted molar refractivity (Wildman–Crippen MR) is 189 cm³/mol. The van der Waals surface area contributed by atoms with E-state index < -0.39 is 0 Å². The number of hydrogen-bond acceptors (Lipinski definition) is 7. The molecule has 9 nitrogen and oxygen atoms in total. The molecule has 0 bridgehead atoms. The lowest BCUT2D eigenvalue weighted by Crippen LogP contribution is -2.22. The predicted octanol–water partition coefficient (Wildman–Crippen LogP) is 8.15. The maximum absolute atomic E-state index is 13.1. The lowest BCUT2D eigenvalue weighted by molar-refractivity contribution is -0.115. The molecule has 0 spiro atoms. The van der Waals surface area contributed by atoms with E-state index in [-0.39, 0.29) is 11.8 Å². The lowest BCUT2D eigenvalue weighted by Gasteiger charge is -2.13. The molecule has 2 aliphatic heterocycles. The smallest absolute Gasteiger partial charge is 0.282 e. The highest BCUT2D eigenvalue weighted by Crippen LogP contribution is 2.29. The Morgan fingerprint density at radius 3 is 1.28 bits per heavy atom. The zero-order valence-corrected chi connectivity index (χ0v) is 27.3. The standard InChI is InChI=1S/C38H36N6O3/c1-23-7-13-31(19-25(23)3)43-37(45)35(27(5)41-43)21-39-29-9-15-33(16-10-29)47-34-17-11-30(12-18-34)40-22-36-28(6)42-44(38(36)46)32-14-8-24(2)26(4)20-32/h7-22,39-40H,1-6H3/b35-21+,36-22?. The molecule has 2 N–H and O–H groups in total. The molecule has 0 radical (unpaired) electrons. The molecular weight excluding hydrogens is 588 g/mol. The molecule has 0 saturated heterocycles. The van der Waals surface area contributed by atoms with Gasteiger partial charge in [0.05, 0.1) is 33.9 Å². The van der Waals surface area contributed by atoms with Crippen molar-refractivity contribution in [3.05, 3.63) is 131 Å². The van der Waals surface area contributed by atoms with E-state index in [1.165, 1.54) is 21.1 Å². The summed E-state index contributed by atoms with van der Waals surface area (Å²) in [4.78, 5) is 26.2. The number of amides is 2. The molecule has 0 saturated carbocycles. The first-order chi connectivity index (χ1) is 22.6. The Kier molecular flexibility index (Phi) is 8.46. The fourth-order valence-electron chi connectivity index (χ4n) is 5.12. The number of hydrogen-bond donors (Lipinski definition) is 2. The van der Waals surface area contributed by atoms with Gasteiger partial charge in [-0.05, 0) is 137 Å². The molecule has 4 aromatic carbocycles. The quantitative estimate of drug-likeness (QED) is 0.193. The Hall–Kier alpha value is -5.96. The zero-order chi connectivity index (χ0) is 33.2. The summed E-state index contributed by atoms with van der Waals surface area (Å²) in [6, 6.07) is 26.7. The van der Waals surface area contributed by atoms with Crippen LogP contribution >= 0.6 is 0 Å². The normalized spacial score (nSPS) is 16.2. The number of rotatable bonds is 8. The van der Waals surface area contributed by atoms with Gasteiger partial charge in [-0.1, -0.05) is 12.1 Å². The summed E-state index contributed by atoms with van der Waals surface area (Å²) in [7, 11) is 0. The van der Waals surface area contributed by atoms with Crippen molar-refractivity contribution >= 4 is 46.0 Å². The molecule has 2 aliphatic rings. The van der Waals surface area contributed by atoms with Crippen LogP contribution in [0, 0.1) is 27.7 Å². The third kappa shape index (κ3) is 6.55. The number of nitrogens with zero attached hydrogens (tertiary/aromatic N) is 4. The molecule has 0 atom stereocenters. The van der Waals surface area contributed by atoms with Crippen molar-refractivity contribution in [3.63, 3.8) is 0 Å². The number of aryl methyl sites for hydroxylation is 4. The molecule has 0 unspecified atom stereocenters. The van der Waals surface area contributed by atoms with E-state index in [1.807, 2.05) is 126 Å². The van der Waals surface area contributed by atoms with Crippen LogP contribution in [0.2, 0.25) is 0 Å². The second-order valence-corrected chi connectivity index (χ2v) is 11.7. The third-order valence-electron chi connectivity index (χ3n) is 8.31. The SMILES string of the molecule is CC1=NN(c2ccc(C)c(C)c2)C(=O)C1=CNc1ccc(Oc2ccc(N/C=C3/C(=O)N(c4ccc(C)c(C)c4)N=C3C)cc2)cc1. The maximum Gasteiger partial charge on any atom is 0.282 e. The van der Waals surface area contributed by atoms with Crippen molar-refractivity contribution in [3.8, 4) is 11.5 Å². The molecular formula is C38H36N6O3. The van der Waals surface area contributed by atoms with Gasteiger partial charge in [-0.25, -0.2) is 0 Å². The average molecular weight is 625 g/mol. The number of carbonyl (C=O) groups is 2. The van der Waals surface area contributed by atoms with Crippen molar-refractivity contribution < 1.29 is 14.3 Å². The van der Waals surface area contributed by atoms with Crippen molar-refractivity contribution in [2.24, 2.45) is 10.2 Å². The van der Waals surface area contributed by atoms with Gasteiger partial charge >= 0.3 is 0 Å². The van der Waals surface area contributed by atoms with Crippen LogP contribution in [0.25, 0.3) is 0 Å². The summed E-state index contributed by atoms with van der Waals surface area (Å²) in [5.74, 6) is 0.974. The zero-order valence-electron chi connectivity index (χ0n) is 27.3. The van der Waals surface area contributed by atoms with Crippen LogP contribution in [0.1, 0.15) is 36.1 Å². The Bertz CT molecular complexity index is 1860. The van der Waals surface area contributed by atoms with Gasteiger partial charge in [0.1, 0.15) is 11.5 Å². The van der Waals surface area contributed by atoms with Crippen molar-refractivity contribution in [1.29, 1.82) is 0 Å². The first-order valence-corrected chi connectivity index (χ1v) is 15.3. The summed E-state index contributed by atoms with van der Waals surface area (Å²) in [5.41, 5.74) is 9.95. The molecule has 0 aromatic heterocycles. The molecule has 236 valence electrons. The fraction of sp³-hybridized carbons (Fsp3) is 0.158. The number of hydrazone groups is 2. The Morgan fingerprint density at radius 2 is 0.915 bits per heavy atom. The minimum atomic E-state index is -0.176. The second-order valence-electron chi connectivity index (χ2n) is 11.7. The molecule has 9 heteroatoms. The minimum absolute atomic E-state index is 0.176. The first kappa shape index (κ1) is 31.0. The van der Waals surface area contributed by atoms with E-state index in [2.05, 4.69) is 20.8 Å². The van der Waals surface area contributed by atoms with Gasteiger partial charge in [0.15, 0.2) is 0 Å². The number of nitrogens with one attached hydrogen (secondary N) is 2. The van der Waals surface area contributed by atoms with Crippen LogP contribution in [0.4, 0.5) is 22.7 Å². The van der Waals surface area contributed by atoms with E-state index in [4.69, 9.17) is 4.74 Å². The van der Waals surface area contributed by atoms with Gasteiger partial charge in [0, 0.05) is 23.8 Å². The summed E-state index contributed by atoms with van der Waals surface area (Å²) in [6.07, 6.45) is 3.37. The van der Waals surface area contributed by atoms with E-state index >= 15 is 0 Å². The number of benzene rings is 4. The van der Waals surface area contributed by atoms with Crippen LogP contribution in [-0.2, 0) is 9.59 Å². The van der Waals surface area contributed by atoms with Crippen LogP contribution in [0.15, 0.2) is 119 Å². The van der Waals surface area contributed by atoms with Gasteiger partial charge in [-0.3, -0.25) is 9.59 Å². The van der Waals surface area contributed by atoms with Gasteiger partial charge in [-0.15, -0.1) is 0 Å². The molecule has 0 fully saturated rings. The Balaban J connectivity index is 1.04. The molecule has 47 heavy (non-hydrogen) atoms. The highest BCUT2D eigenvalue weighted by atomic mass is 16.5. The van der Waals surface area contributed by atoms with Crippen molar-refractivity contribution in [2.45, 2.75) is 41.5 Å². The molecule has 6 rings (SSSR count). The molecule has 4 aromatic rings. The van der Waals surface area contributed by atoms with E-state index in [1.54, 1.807) is 12.4 Å². The average Bonchev–Trinajstić information content (AvgIpc) is 3.51.